The van der Waals surface area contributed by atoms with Crippen LogP contribution >= 0.6 is 0 Å². The molecule has 1 saturated heterocycles. The number of rotatable bonds is 3. The SMILES string of the molecule is C[C@@H](C(=O)c1c[nH]c2ccccc12)[NH+]1CCCCCC1. The first kappa shape index (κ1) is 13.4. The number of nitrogens with one attached hydrogen (secondary N) is 2. The van der Waals surface area contributed by atoms with Crippen molar-refractivity contribution in [2.45, 2.75) is 38.6 Å². The van der Waals surface area contributed by atoms with E-state index in [0.29, 0.717) is 0 Å². The van der Waals surface area contributed by atoms with Crippen molar-refractivity contribution in [3.05, 3.63) is 36.0 Å². The summed E-state index contributed by atoms with van der Waals surface area (Å²) < 4.78 is 0. The van der Waals surface area contributed by atoms with Crippen LogP contribution in [0.5, 0.6) is 0 Å². The Kier molecular flexibility index (Phi) is 3.88. The fourth-order valence-electron chi connectivity index (χ4n) is 3.31. The summed E-state index contributed by atoms with van der Waals surface area (Å²) >= 11 is 0. The lowest BCUT2D eigenvalue weighted by Crippen LogP contribution is -3.16. The zero-order valence-corrected chi connectivity index (χ0v) is 12.1. The van der Waals surface area contributed by atoms with Crippen molar-refractivity contribution < 1.29 is 9.69 Å². The summed E-state index contributed by atoms with van der Waals surface area (Å²) in [5.41, 5.74) is 1.90. The van der Waals surface area contributed by atoms with Crippen molar-refractivity contribution in [1.82, 2.24) is 4.98 Å². The van der Waals surface area contributed by atoms with Crippen LogP contribution in [0.2, 0.25) is 0 Å². The van der Waals surface area contributed by atoms with Crippen molar-refractivity contribution in [1.29, 1.82) is 0 Å². The molecule has 2 N–H and O–H groups in total. The van der Waals surface area contributed by atoms with Gasteiger partial charge in [0.05, 0.1) is 13.1 Å². The number of carbonyl (C=O) groups excluding carboxylic acids is 1. The average molecular weight is 271 g/mol. The van der Waals surface area contributed by atoms with Crippen molar-refractivity contribution >= 4 is 16.7 Å². The monoisotopic (exact) mass is 271 g/mol. The average Bonchev–Trinajstić information content (AvgIpc) is 2.72. The summed E-state index contributed by atoms with van der Waals surface area (Å²) in [5, 5.41) is 1.05. The molecule has 1 aliphatic rings. The molecule has 1 aromatic heterocycles. The number of likely N-dealkylation sites (tertiary alicyclic amines) is 1. The van der Waals surface area contributed by atoms with Gasteiger partial charge in [-0.15, -0.1) is 0 Å². The standard InChI is InChI=1S/C17H22N2O/c1-13(19-10-6-2-3-7-11-19)17(20)15-12-18-16-9-5-4-8-14(15)16/h4-5,8-9,12-13,18H,2-3,6-7,10-11H2,1H3/p+1/t13-/m0/s1. The lowest BCUT2D eigenvalue weighted by molar-refractivity contribution is -0.912. The number of quaternary nitrogens is 1. The lowest BCUT2D eigenvalue weighted by Gasteiger charge is -2.23. The van der Waals surface area contributed by atoms with Crippen LogP contribution < -0.4 is 4.90 Å². The molecule has 1 aliphatic heterocycles. The highest BCUT2D eigenvalue weighted by atomic mass is 16.1. The number of Topliss-reactive ketones (excluding diaryl/α,β-unsaturated/α-hetero) is 1. The molecule has 3 rings (SSSR count). The van der Waals surface area contributed by atoms with Crippen LogP contribution in [0.15, 0.2) is 30.5 Å². The predicted molar refractivity (Wildman–Crippen MR) is 81.3 cm³/mol. The van der Waals surface area contributed by atoms with Gasteiger partial charge in [0.2, 0.25) is 5.78 Å². The number of hydrogen-bond acceptors (Lipinski definition) is 1. The molecule has 0 amide bonds. The number of aromatic nitrogens is 1. The Balaban J connectivity index is 1.84. The second-order valence-corrected chi connectivity index (χ2v) is 5.91. The summed E-state index contributed by atoms with van der Waals surface area (Å²) in [6.45, 7) is 4.36. The number of aromatic amines is 1. The summed E-state index contributed by atoms with van der Waals surface area (Å²) in [6, 6.07) is 8.11. The molecule has 1 fully saturated rings. The molecule has 2 aromatic rings. The van der Waals surface area contributed by atoms with E-state index in [9.17, 15) is 4.79 Å². The molecule has 0 bridgehead atoms. The van der Waals surface area contributed by atoms with Gasteiger partial charge in [0, 0.05) is 22.7 Å². The van der Waals surface area contributed by atoms with Gasteiger partial charge in [0.25, 0.3) is 0 Å². The largest absolute Gasteiger partial charge is 0.360 e. The molecule has 3 heteroatoms. The van der Waals surface area contributed by atoms with Crippen LogP contribution in [0, 0.1) is 0 Å². The van der Waals surface area contributed by atoms with E-state index >= 15 is 0 Å². The molecule has 106 valence electrons. The maximum absolute atomic E-state index is 12.8. The molecule has 1 aromatic carbocycles. The molecule has 0 unspecified atom stereocenters. The minimum Gasteiger partial charge on any atom is -0.360 e. The van der Waals surface area contributed by atoms with Gasteiger partial charge in [0.1, 0.15) is 6.04 Å². The fourth-order valence-corrected chi connectivity index (χ4v) is 3.31. The van der Waals surface area contributed by atoms with Gasteiger partial charge in [-0.1, -0.05) is 18.2 Å². The summed E-state index contributed by atoms with van der Waals surface area (Å²) in [4.78, 5) is 17.5. The Morgan fingerprint density at radius 1 is 1.15 bits per heavy atom. The minimum atomic E-state index is 0.0623. The lowest BCUT2D eigenvalue weighted by atomic mass is 10.0. The third-order valence-electron chi connectivity index (χ3n) is 4.61. The molecular weight excluding hydrogens is 248 g/mol. The summed E-state index contributed by atoms with van der Waals surface area (Å²) in [7, 11) is 0. The molecule has 1 atom stereocenters. The van der Waals surface area contributed by atoms with Crippen molar-refractivity contribution in [2.24, 2.45) is 0 Å². The van der Waals surface area contributed by atoms with Crippen LogP contribution in [0.4, 0.5) is 0 Å². The third-order valence-corrected chi connectivity index (χ3v) is 4.61. The Morgan fingerprint density at radius 3 is 2.60 bits per heavy atom. The Morgan fingerprint density at radius 2 is 1.85 bits per heavy atom. The van der Waals surface area contributed by atoms with Crippen molar-refractivity contribution in [2.75, 3.05) is 13.1 Å². The van der Waals surface area contributed by atoms with Crippen LogP contribution in [-0.4, -0.2) is 29.9 Å². The van der Waals surface area contributed by atoms with Gasteiger partial charge in [-0.25, -0.2) is 0 Å². The number of fused-ring (bicyclic) bond motifs is 1. The second kappa shape index (κ2) is 5.80. The quantitative estimate of drug-likeness (QED) is 0.825. The molecule has 3 nitrogen and oxygen atoms in total. The molecule has 2 heterocycles. The maximum atomic E-state index is 12.8. The highest BCUT2D eigenvalue weighted by Gasteiger charge is 2.28. The molecule has 20 heavy (non-hydrogen) atoms. The van der Waals surface area contributed by atoms with E-state index in [0.717, 1.165) is 29.6 Å². The van der Waals surface area contributed by atoms with Crippen molar-refractivity contribution in [3.8, 4) is 0 Å². The van der Waals surface area contributed by atoms with Gasteiger partial charge in [0.15, 0.2) is 0 Å². The zero-order valence-electron chi connectivity index (χ0n) is 12.1. The first-order chi connectivity index (χ1) is 9.77. The Labute approximate surface area is 120 Å². The van der Waals surface area contributed by atoms with Crippen LogP contribution in [-0.2, 0) is 0 Å². The van der Waals surface area contributed by atoms with Gasteiger partial charge in [-0.2, -0.15) is 0 Å². The van der Waals surface area contributed by atoms with E-state index in [1.54, 1.807) is 0 Å². The van der Waals surface area contributed by atoms with E-state index in [-0.39, 0.29) is 11.8 Å². The van der Waals surface area contributed by atoms with Crippen LogP contribution in [0.25, 0.3) is 10.9 Å². The smallest absolute Gasteiger partial charge is 0.221 e. The first-order valence-corrected chi connectivity index (χ1v) is 7.72. The van der Waals surface area contributed by atoms with Crippen molar-refractivity contribution in [3.63, 3.8) is 0 Å². The van der Waals surface area contributed by atoms with E-state index in [2.05, 4.69) is 11.9 Å². The molecule has 0 radical (unpaired) electrons. The van der Waals surface area contributed by atoms with Gasteiger partial charge < -0.3 is 9.88 Å². The molecule has 0 saturated carbocycles. The maximum Gasteiger partial charge on any atom is 0.221 e. The number of carbonyl (C=O) groups is 1. The topological polar surface area (TPSA) is 37.3 Å². The highest BCUT2D eigenvalue weighted by molar-refractivity contribution is 6.09. The number of para-hydroxylation sites is 1. The van der Waals surface area contributed by atoms with Gasteiger partial charge in [-0.3, -0.25) is 4.79 Å². The minimum absolute atomic E-state index is 0.0623. The number of ketones is 1. The number of H-pyrrole nitrogens is 1. The fraction of sp³-hybridized carbons (Fsp3) is 0.471. The van der Waals surface area contributed by atoms with E-state index < -0.39 is 0 Å². The summed E-state index contributed by atoms with van der Waals surface area (Å²) in [6.07, 6.45) is 7.01. The highest BCUT2D eigenvalue weighted by Crippen LogP contribution is 2.18. The predicted octanol–water partition coefficient (Wildman–Crippen LogP) is 2.20. The molecule has 0 spiro atoms. The zero-order chi connectivity index (χ0) is 13.9. The van der Waals surface area contributed by atoms with E-state index in [4.69, 9.17) is 0 Å². The summed E-state index contributed by atoms with van der Waals surface area (Å²) in [5.74, 6) is 0.277. The number of benzene rings is 1. The van der Waals surface area contributed by atoms with E-state index in [1.807, 2.05) is 30.5 Å². The van der Waals surface area contributed by atoms with Crippen LogP contribution in [0.3, 0.4) is 0 Å². The normalized spacial score (nSPS) is 18.9. The van der Waals surface area contributed by atoms with Gasteiger partial charge in [-0.05, 0) is 38.7 Å². The second-order valence-electron chi connectivity index (χ2n) is 5.91. The molecular formula is C17H23N2O+. The third kappa shape index (κ3) is 2.50. The first-order valence-electron chi connectivity index (χ1n) is 7.72. The van der Waals surface area contributed by atoms with E-state index in [1.165, 1.54) is 30.6 Å². The Hall–Kier alpha value is -1.61. The Bertz CT molecular complexity index is 594. The van der Waals surface area contributed by atoms with Crippen LogP contribution in [0.1, 0.15) is 43.0 Å². The molecule has 0 aliphatic carbocycles. The number of hydrogen-bond donors (Lipinski definition) is 2. The van der Waals surface area contributed by atoms with Gasteiger partial charge >= 0.3 is 0 Å².